The minimum Gasteiger partial charge on any atom is -0.492 e. The summed E-state index contributed by atoms with van der Waals surface area (Å²) in [5.74, 6) is -1.73. The second kappa shape index (κ2) is 10.2. The molecule has 0 spiro atoms. The Hall–Kier alpha value is -4.11. The summed E-state index contributed by atoms with van der Waals surface area (Å²) in [4.78, 5) is 29.1. The van der Waals surface area contributed by atoms with Crippen LogP contribution in [0.15, 0.2) is 103 Å². The standard InChI is InChI=1S/C26H24N2O6/c1-32-28(33-19-25(31)34-27-23(29)17-18-24(27)30)26(20-11-5-2-6-12-20,21-13-7-3-8-14-21)22-15-9-4-10-16-22/h2-18,29-30H,19H2,1H3. The lowest BCUT2D eigenvalue weighted by Crippen LogP contribution is -2.48. The van der Waals surface area contributed by atoms with E-state index in [1.165, 1.54) is 24.5 Å². The molecule has 0 saturated heterocycles. The number of aromatic nitrogens is 1. The minimum atomic E-state index is -1.09. The Labute approximate surface area is 196 Å². The van der Waals surface area contributed by atoms with E-state index in [0.29, 0.717) is 4.73 Å². The van der Waals surface area contributed by atoms with Crippen LogP contribution in [-0.4, -0.2) is 39.9 Å². The molecule has 0 unspecified atom stereocenters. The van der Waals surface area contributed by atoms with Gasteiger partial charge in [0, 0.05) is 12.1 Å². The normalized spacial score (nSPS) is 11.5. The van der Waals surface area contributed by atoms with Crippen LogP contribution in [0, 0.1) is 0 Å². The number of hydroxylamine groups is 2. The van der Waals surface area contributed by atoms with Crippen molar-refractivity contribution in [2.75, 3.05) is 13.7 Å². The maximum absolute atomic E-state index is 12.5. The van der Waals surface area contributed by atoms with E-state index in [4.69, 9.17) is 14.5 Å². The van der Waals surface area contributed by atoms with E-state index in [9.17, 15) is 15.0 Å². The first kappa shape index (κ1) is 23.1. The van der Waals surface area contributed by atoms with E-state index in [1.54, 1.807) is 0 Å². The molecule has 1 aromatic heterocycles. The van der Waals surface area contributed by atoms with Gasteiger partial charge in [0.15, 0.2) is 6.61 Å². The molecule has 8 nitrogen and oxygen atoms in total. The predicted octanol–water partition coefficient (Wildman–Crippen LogP) is 3.64. The van der Waals surface area contributed by atoms with Crippen molar-refractivity contribution in [1.29, 1.82) is 0 Å². The van der Waals surface area contributed by atoms with E-state index in [-0.39, 0.29) is 0 Å². The number of benzene rings is 3. The van der Waals surface area contributed by atoms with Crippen LogP contribution in [0.5, 0.6) is 11.8 Å². The van der Waals surface area contributed by atoms with Crippen LogP contribution in [0.4, 0.5) is 0 Å². The first-order valence-corrected chi connectivity index (χ1v) is 10.5. The maximum Gasteiger partial charge on any atom is 0.360 e. The molecule has 1 heterocycles. The van der Waals surface area contributed by atoms with Crippen LogP contribution in [-0.2, 0) is 20.0 Å². The molecule has 4 aromatic rings. The van der Waals surface area contributed by atoms with Crippen LogP contribution in [0.1, 0.15) is 16.7 Å². The summed E-state index contributed by atoms with van der Waals surface area (Å²) in [5.41, 5.74) is 1.42. The summed E-state index contributed by atoms with van der Waals surface area (Å²) >= 11 is 0. The second-order valence-electron chi connectivity index (χ2n) is 7.33. The predicted molar refractivity (Wildman–Crippen MR) is 123 cm³/mol. The van der Waals surface area contributed by atoms with E-state index < -0.39 is 29.9 Å². The van der Waals surface area contributed by atoms with Gasteiger partial charge in [0.1, 0.15) is 5.54 Å². The molecule has 4 rings (SSSR count). The number of carbonyl (C=O) groups is 1. The Kier molecular flexibility index (Phi) is 6.93. The number of carbonyl (C=O) groups excluding carboxylic acids is 1. The molecular formula is C26H24N2O6. The lowest BCUT2D eigenvalue weighted by Gasteiger charge is -2.42. The fraction of sp³-hybridized carbons (Fsp3) is 0.115. The van der Waals surface area contributed by atoms with Crippen LogP contribution in [0.2, 0.25) is 0 Å². The Morgan fingerprint density at radius 3 is 1.56 bits per heavy atom. The smallest absolute Gasteiger partial charge is 0.360 e. The lowest BCUT2D eigenvalue weighted by molar-refractivity contribution is -0.389. The average molecular weight is 460 g/mol. The molecule has 174 valence electrons. The highest BCUT2D eigenvalue weighted by Crippen LogP contribution is 2.42. The first-order chi connectivity index (χ1) is 16.6. The summed E-state index contributed by atoms with van der Waals surface area (Å²) < 4.78 is 0.599. The maximum atomic E-state index is 12.5. The second-order valence-corrected chi connectivity index (χ2v) is 7.33. The van der Waals surface area contributed by atoms with Crippen molar-refractivity contribution in [2.24, 2.45) is 0 Å². The highest BCUT2D eigenvalue weighted by atomic mass is 17.0. The first-order valence-electron chi connectivity index (χ1n) is 10.5. The third-order valence-electron chi connectivity index (χ3n) is 5.30. The van der Waals surface area contributed by atoms with Crippen LogP contribution in [0.3, 0.4) is 0 Å². The van der Waals surface area contributed by atoms with Gasteiger partial charge in [0.05, 0.1) is 7.11 Å². The quantitative estimate of drug-likeness (QED) is 0.291. The van der Waals surface area contributed by atoms with Crippen molar-refractivity contribution in [3.63, 3.8) is 0 Å². The van der Waals surface area contributed by atoms with Crippen molar-refractivity contribution in [3.05, 3.63) is 120 Å². The van der Waals surface area contributed by atoms with Gasteiger partial charge >= 0.3 is 5.97 Å². The van der Waals surface area contributed by atoms with E-state index >= 15 is 0 Å². The Balaban J connectivity index is 1.75. The molecule has 0 aliphatic rings. The van der Waals surface area contributed by atoms with Crippen molar-refractivity contribution >= 4 is 5.97 Å². The van der Waals surface area contributed by atoms with Crippen molar-refractivity contribution in [3.8, 4) is 11.8 Å². The molecule has 0 aliphatic heterocycles. The Morgan fingerprint density at radius 2 is 1.18 bits per heavy atom. The molecular weight excluding hydrogens is 436 g/mol. The van der Waals surface area contributed by atoms with Gasteiger partial charge in [-0.3, -0.25) is 9.68 Å². The fourth-order valence-electron chi connectivity index (χ4n) is 3.88. The van der Waals surface area contributed by atoms with Crippen molar-refractivity contribution < 1.29 is 29.5 Å². The molecule has 0 bridgehead atoms. The van der Waals surface area contributed by atoms with Gasteiger partial charge in [-0.1, -0.05) is 91.0 Å². The van der Waals surface area contributed by atoms with Gasteiger partial charge in [0.2, 0.25) is 11.8 Å². The van der Waals surface area contributed by atoms with E-state index in [1.807, 2.05) is 91.0 Å². The molecule has 0 atom stereocenters. The average Bonchev–Trinajstić information content (AvgIpc) is 3.20. The summed E-state index contributed by atoms with van der Waals surface area (Å²) in [5, 5.41) is 20.7. The minimum absolute atomic E-state index is 0.429. The number of hydrogen-bond acceptors (Lipinski definition) is 7. The topological polar surface area (TPSA) is 93.4 Å². The summed E-state index contributed by atoms with van der Waals surface area (Å²) in [6, 6.07) is 31.3. The number of nitrogens with zero attached hydrogens (tertiary/aromatic N) is 2. The van der Waals surface area contributed by atoms with Crippen LogP contribution < -0.4 is 4.84 Å². The zero-order chi connectivity index (χ0) is 24.0. The molecule has 0 fully saturated rings. The van der Waals surface area contributed by atoms with Gasteiger partial charge in [-0.15, -0.1) is 4.73 Å². The fourth-order valence-corrected chi connectivity index (χ4v) is 3.88. The van der Waals surface area contributed by atoms with Gasteiger partial charge in [0.25, 0.3) is 0 Å². The molecule has 0 radical (unpaired) electrons. The molecule has 3 aromatic carbocycles. The van der Waals surface area contributed by atoms with Gasteiger partial charge in [-0.25, -0.2) is 4.79 Å². The SMILES string of the molecule is CON(OCC(=O)On1c(O)ccc1O)C(c1ccccc1)(c1ccccc1)c1ccccc1. The summed E-state index contributed by atoms with van der Waals surface area (Å²) in [7, 11) is 1.44. The molecule has 2 N–H and O–H groups in total. The third kappa shape index (κ3) is 4.38. The van der Waals surface area contributed by atoms with Gasteiger partial charge in [-0.05, 0) is 21.9 Å². The molecule has 8 heteroatoms. The molecule has 0 saturated carbocycles. The zero-order valence-corrected chi connectivity index (χ0v) is 18.4. The number of aromatic hydroxyl groups is 2. The Bertz CT molecular complexity index is 1100. The Morgan fingerprint density at radius 1 is 0.765 bits per heavy atom. The van der Waals surface area contributed by atoms with Crippen molar-refractivity contribution in [2.45, 2.75) is 5.54 Å². The molecule has 0 amide bonds. The largest absolute Gasteiger partial charge is 0.492 e. The molecule has 0 aliphatic carbocycles. The highest BCUT2D eigenvalue weighted by Gasteiger charge is 2.45. The highest BCUT2D eigenvalue weighted by molar-refractivity contribution is 5.71. The van der Waals surface area contributed by atoms with E-state index in [2.05, 4.69) is 0 Å². The third-order valence-corrected chi connectivity index (χ3v) is 5.30. The lowest BCUT2D eigenvalue weighted by atomic mass is 9.77. The molecule has 34 heavy (non-hydrogen) atoms. The number of hydrogen-bond donors (Lipinski definition) is 2. The van der Waals surface area contributed by atoms with Crippen LogP contribution >= 0.6 is 0 Å². The van der Waals surface area contributed by atoms with Crippen LogP contribution in [0.25, 0.3) is 0 Å². The van der Waals surface area contributed by atoms with Gasteiger partial charge in [-0.2, -0.15) is 0 Å². The van der Waals surface area contributed by atoms with Crippen molar-refractivity contribution in [1.82, 2.24) is 9.96 Å². The monoisotopic (exact) mass is 460 g/mol. The summed E-state index contributed by atoms with van der Waals surface area (Å²) in [6.07, 6.45) is 0. The summed E-state index contributed by atoms with van der Waals surface area (Å²) in [6.45, 7) is -0.570. The van der Waals surface area contributed by atoms with E-state index in [0.717, 1.165) is 16.7 Å². The number of rotatable bonds is 9. The van der Waals surface area contributed by atoms with Gasteiger partial charge < -0.3 is 15.1 Å². The zero-order valence-electron chi connectivity index (χ0n) is 18.4.